The van der Waals surface area contributed by atoms with Crippen LogP contribution in [-0.4, -0.2) is 25.5 Å². The van der Waals surface area contributed by atoms with Crippen LogP contribution in [0.3, 0.4) is 0 Å². The van der Waals surface area contributed by atoms with Crippen molar-refractivity contribution in [1.29, 1.82) is 0 Å². The van der Waals surface area contributed by atoms with Gasteiger partial charge in [0.15, 0.2) is 6.61 Å². The molecule has 0 unspecified atom stereocenters. The minimum atomic E-state index is -0.469. The third-order valence-electron chi connectivity index (χ3n) is 3.09. The minimum absolute atomic E-state index is 0.205. The van der Waals surface area contributed by atoms with Crippen LogP contribution < -0.4 is 20.3 Å². The summed E-state index contributed by atoms with van der Waals surface area (Å²) >= 11 is 3.28. The fourth-order valence-corrected chi connectivity index (χ4v) is 2.32. The summed E-state index contributed by atoms with van der Waals surface area (Å²) in [6.45, 7) is 1.72. The van der Waals surface area contributed by atoms with Crippen molar-refractivity contribution >= 4 is 27.7 Å². The quantitative estimate of drug-likeness (QED) is 0.766. The van der Waals surface area contributed by atoms with Crippen LogP contribution in [0.25, 0.3) is 0 Å². The molecule has 6 nitrogen and oxygen atoms in total. The van der Waals surface area contributed by atoms with Gasteiger partial charge in [0.2, 0.25) is 0 Å². The Morgan fingerprint density at radius 3 is 2.58 bits per heavy atom. The van der Waals surface area contributed by atoms with Gasteiger partial charge in [-0.05, 0) is 58.7 Å². The number of benzene rings is 2. The van der Waals surface area contributed by atoms with Crippen molar-refractivity contribution in [1.82, 2.24) is 10.9 Å². The number of nitrogens with one attached hydrogen (secondary N) is 2. The zero-order chi connectivity index (χ0) is 17.5. The summed E-state index contributed by atoms with van der Waals surface area (Å²) < 4.78 is 11.0. The Morgan fingerprint density at radius 1 is 1.08 bits per heavy atom. The van der Waals surface area contributed by atoms with Gasteiger partial charge in [-0.15, -0.1) is 0 Å². The maximum Gasteiger partial charge on any atom is 0.276 e. The molecule has 0 aliphatic heterocycles. The van der Waals surface area contributed by atoms with Gasteiger partial charge in [-0.25, -0.2) is 0 Å². The molecule has 0 spiro atoms. The van der Waals surface area contributed by atoms with E-state index in [9.17, 15) is 9.59 Å². The molecule has 0 heterocycles. The van der Waals surface area contributed by atoms with Gasteiger partial charge in [-0.3, -0.25) is 20.4 Å². The highest BCUT2D eigenvalue weighted by atomic mass is 79.9. The van der Waals surface area contributed by atoms with Gasteiger partial charge >= 0.3 is 0 Å². The highest BCUT2D eigenvalue weighted by molar-refractivity contribution is 9.10. The van der Waals surface area contributed by atoms with Crippen molar-refractivity contribution in [2.45, 2.75) is 6.92 Å². The molecule has 2 aromatic rings. The molecule has 126 valence electrons. The van der Waals surface area contributed by atoms with Gasteiger partial charge in [0, 0.05) is 4.47 Å². The van der Waals surface area contributed by atoms with Crippen molar-refractivity contribution in [2.75, 3.05) is 13.7 Å². The van der Waals surface area contributed by atoms with E-state index in [0.717, 1.165) is 5.56 Å². The average molecular weight is 393 g/mol. The molecule has 2 N–H and O–H groups in total. The molecule has 0 atom stereocenters. The van der Waals surface area contributed by atoms with Crippen LogP contribution in [0.1, 0.15) is 15.9 Å². The lowest BCUT2D eigenvalue weighted by atomic mass is 10.2. The Balaban J connectivity index is 1.86. The molecule has 0 fully saturated rings. The van der Waals surface area contributed by atoms with E-state index in [1.807, 2.05) is 25.1 Å². The number of carbonyl (C=O) groups is 2. The maximum absolute atomic E-state index is 12.1. The molecular formula is C17H17BrN2O4. The van der Waals surface area contributed by atoms with Crippen LogP contribution in [0.5, 0.6) is 11.5 Å². The normalized spacial score (nSPS) is 9.96. The maximum atomic E-state index is 12.1. The monoisotopic (exact) mass is 392 g/mol. The van der Waals surface area contributed by atoms with E-state index in [-0.39, 0.29) is 6.61 Å². The molecule has 0 aromatic heterocycles. The molecule has 24 heavy (non-hydrogen) atoms. The third-order valence-corrected chi connectivity index (χ3v) is 3.78. The molecule has 2 amide bonds. The zero-order valence-electron chi connectivity index (χ0n) is 13.3. The minimum Gasteiger partial charge on any atom is -0.497 e. The fourth-order valence-electron chi connectivity index (χ4n) is 1.89. The van der Waals surface area contributed by atoms with Crippen LogP contribution in [0.4, 0.5) is 0 Å². The first-order valence-electron chi connectivity index (χ1n) is 7.12. The molecule has 0 bridgehead atoms. The molecular weight excluding hydrogens is 376 g/mol. The van der Waals surface area contributed by atoms with Crippen molar-refractivity contribution in [3.05, 3.63) is 58.1 Å². The second-order valence-corrected chi connectivity index (χ2v) is 5.81. The van der Waals surface area contributed by atoms with E-state index < -0.39 is 11.8 Å². The van der Waals surface area contributed by atoms with Crippen molar-refractivity contribution in [3.8, 4) is 11.5 Å². The van der Waals surface area contributed by atoms with Gasteiger partial charge in [-0.2, -0.15) is 0 Å². The summed E-state index contributed by atoms with van der Waals surface area (Å²) in [6, 6.07) is 12.3. The van der Waals surface area contributed by atoms with Gasteiger partial charge in [0.05, 0.1) is 12.7 Å². The Hall–Kier alpha value is -2.54. The Labute approximate surface area is 148 Å². The number of methoxy groups -OCH3 is 1. The summed E-state index contributed by atoms with van der Waals surface area (Å²) in [5.74, 6) is 0.193. The smallest absolute Gasteiger partial charge is 0.276 e. The van der Waals surface area contributed by atoms with E-state index in [2.05, 4.69) is 26.8 Å². The molecule has 7 heteroatoms. The summed E-state index contributed by atoms with van der Waals surface area (Å²) in [4.78, 5) is 23.9. The largest absolute Gasteiger partial charge is 0.497 e. The number of halogens is 1. The van der Waals surface area contributed by atoms with Gasteiger partial charge < -0.3 is 9.47 Å². The van der Waals surface area contributed by atoms with Gasteiger partial charge in [0.1, 0.15) is 11.5 Å². The first-order valence-corrected chi connectivity index (χ1v) is 7.91. The van der Waals surface area contributed by atoms with Crippen molar-refractivity contribution in [2.24, 2.45) is 0 Å². The predicted molar refractivity (Wildman–Crippen MR) is 93.0 cm³/mol. The Bertz CT molecular complexity index is 749. The molecule has 2 rings (SSSR count). The van der Waals surface area contributed by atoms with E-state index in [4.69, 9.17) is 9.47 Å². The molecule has 0 radical (unpaired) electrons. The lowest BCUT2D eigenvalue weighted by Gasteiger charge is -2.10. The van der Waals surface area contributed by atoms with Crippen LogP contribution in [0.2, 0.25) is 0 Å². The van der Waals surface area contributed by atoms with E-state index >= 15 is 0 Å². The number of ether oxygens (including phenoxy) is 2. The van der Waals surface area contributed by atoms with Crippen molar-refractivity contribution < 1.29 is 19.1 Å². The molecule has 0 saturated heterocycles. The van der Waals surface area contributed by atoms with Crippen LogP contribution in [0, 0.1) is 6.92 Å². The Morgan fingerprint density at radius 2 is 1.88 bits per heavy atom. The Kier molecular flexibility index (Phi) is 6.20. The summed E-state index contributed by atoms with van der Waals surface area (Å²) in [5, 5.41) is 0. The van der Waals surface area contributed by atoms with Gasteiger partial charge in [-0.1, -0.05) is 12.1 Å². The second kappa shape index (κ2) is 8.35. The summed E-state index contributed by atoms with van der Waals surface area (Å²) in [7, 11) is 1.51. The van der Waals surface area contributed by atoms with Gasteiger partial charge in [0.25, 0.3) is 11.8 Å². The third kappa shape index (κ3) is 4.99. The number of hydrazine groups is 1. The number of carbonyl (C=O) groups excluding carboxylic acids is 2. The van der Waals surface area contributed by atoms with E-state index in [1.165, 1.54) is 7.11 Å². The lowest BCUT2D eigenvalue weighted by Crippen LogP contribution is -2.43. The number of hydrogen-bond acceptors (Lipinski definition) is 4. The first-order chi connectivity index (χ1) is 11.5. The van der Waals surface area contributed by atoms with Crippen LogP contribution in [0.15, 0.2) is 46.9 Å². The topological polar surface area (TPSA) is 76.7 Å². The molecule has 0 aliphatic rings. The highest BCUT2D eigenvalue weighted by Crippen LogP contribution is 2.22. The fraction of sp³-hybridized carbons (Fsp3) is 0.176. The number of hydrogen-bond donors (Lipinski definition) is 2. The number of rotatable bonds is 5. The lowest BCUT2D eigenvalue weighted by molar-refractivity contribution is -0.123. The number of amides is 2. The summed E-state index contributed by atoms with van der Waals surface area (Å²) in [6.07, 6.45) is 0. The summed E-state index contributed by atoms with van der Waals surface area (Å²) in [5.41, 5.74) is 6.01. The molecule has 0 aliphatic carbocycles. The number of aryl methyl sites for hydroxylation is 1. The average Bonchev–Trinajstić information content (AvgIpc) is 2.58. The first kappa shape index (κ1) is 17.8. The second-order valence-electron chi connectivity index (χ2n) is 4.95. The molecule has 0 saturated carbocycles. The van der Waals surface area contributed by atoms with E-state index in [0.29, 0.717) is 21.5 Å². The standard InChI is InChI=1S/C17H17BrN2O4/c1-11-4-3-5-13(8-11)24-10-16(21)19-20-17(22)14-9-12(23-2)6-7-15(14)18/h3-9H,10H2,1-2H3,(H,19,21)(H,20,22). The molecule has 2 aromatic carbocycles. The van der Waals surface area contributed by atoms with E-state index in [1.54, 1.807) is 24.3 Å². The SMILES string of the molecule is COc1ccc(Br)c(C(=O)NNC(=O)COc2cccc(C)c2)c1. The predicted octanol–water partition coefficient (Wildman–Crippen LogP) is 2.61. The highest BCUT2D eigenvalue weighted by Gasteiger charge is 2.12. The van der Waals surface area contributed by atoms with Crippen LogP contribution >= 0.6 is 15.9 Å². The van der Waals surface area contributed by atoms with Crippen LogP contribution in [-0.2, 0) is 4.79 Å². The van der Waals surface area contributed by atoms with Crippen molar-refractivity contribution in [3.63, 3.8) is 0 Å². The zero-order valence-corrected chi connectivity index (χ0v) is 14.8.